The lowest BCUT2D eigenvalue weighted by molar-refractivity contribution is 0.0340. The zero-order valence-corrected chi connectivity index (χ0v) is 19.0. The van der Waals surface area contributed by atoms with Gasteiger partial charge >= 0.3 is 0 Å². The monoisotopic (exact) mass is 461 g/mol. The second kappa shape index (κ2) is 26.1. The number of hydrogen-bond donors (Lipinski definition) is 2. The Hall–Kier alpha value is -1.14. The van der Waals surface area contributed by atoms with E-state index in [1.807, 2.05) is 38.1 Å². The Bertz CT molecular complexity index is 463. The number of rotatable bonds is 13. The Morgan fingerprint density at radius 2 is 1.41 bits per heavy atom. The van der Waals surface area contributed by atoms with Crippen molar-refractivity contribution in [1.82, 2.24) is 5.32 Å². The van der Waals surface area contributed by atoms with E-state index in [0.29, 0.717) is 25.3 Å². The number of ether oxygens (including phenoxy) is 3. The summed E-state index contributed by atoms with van der Waals surface area (Å²) in [6.45, 7) is 14.4. The van der Waals surface area contributed by atoms with Crippen molar-refractivity contribution in [3.63, 3.8) is 0 Å². The third-order valence-corrected chi connectivity index (χ3v) is 4.57. The Morgan fingerprint density at radius 3 is 1.84 bits per heavy atom. The van der Waals surface area contributed by atoms with E-state index in [2.05, 4.69) is 33.0 Å². The average Bonchev–Trinajstić information content (AvgIpc) is 2.72. The van der Waals surface area contributed by atoms with E-state index in [1.165, 1.54) is 5.56 Å². The first kappa shape index (κ1) is 41.1. The van der Waals surface area contributed by atoms with Gasteiger partial charge in [-0.25, -0.2) is 0 Å². The first-order chi connectivity index (χ1) is 13.4. The van der Waals surface area contributed by atoms with Gasteiger partial charge in [-0.1, -0.05) is 68.2 Å². The topological polar surface area (TPSA) is 60.0 Å². The Kier molecular flexibility index (Phi) is 33.6. The molecule has 0 fully saturated rings. The maximum absolute atomic E-state index is 9.37. The van der Waals surface area contributed by atoms with Crippen LogP contribution in [0.1, 0.15) is 89.2 Å². The van der Waals surface area contributed by atoms with Gasteiger partial charge in [0.05, 0.1) is 24.9 Å². The molecule has 32 heavy (non-hydrogen) atoms. The molecule has 0 aromatic heterocycles. The fourth-order valence-electron chi connectivity index (χ4n) is 2.26. The van der Waals surface area contributed by atoms with Gasteiger partial charge in [0.15, 0.2) is 0 Å². The van der Waals surface area contributed by atoms with E-state index in [-0.39, 0.29) is 41.9 Å². The molecule has 0 heterocycles. The van der Waals surface area contributed by atoms with Crippen LogP contribution < -0.4 is 10.1 Å². The summed E-state index contributed by atoms with van der Waals surface area (Å²) in [6, 6.07) is 8.32. The molecule has 5 nitrogen and oxygen atoms in total. The predicted octanol–water partition coefficient (Wildman–Crippen LogP) is 6.89. The highest BCUT2D eigenvalue weighted by Crippen LogP contribution is 2.11. The molecule has 3 atom stereocenters. The summed E-state index contributed by atoms with van der Waals surface area (Å²) in [5.41, 5.74) is 1.24. The van der Waals surface area contributed by atoms with Crippen molar-refractivity contribution < 1.29 is 19.3 Å². The first-order valence-corrected chi connectivity index (χ1v) is 10.6. The third-order valence-electron chi connectivity index (χ3n) is 4.57. The van der Waals surface area contributed by atoms with Gasteiger partial charge in [0.2, 0.25) is 0 Å². The Balaban J connectivity index is -0.000000136. The third kappa shape index (κ3) is 22.1. The summed E-state index contributed by atoms with van der Waals surface area (Å²) in [6.07, 6.45) is 3.22. The normalized spacial score (nSPS) is 12.4. The van der Waals surface area contributed by atoms with Crippen molar-refractivity contribution >= 4 is 0 Å². The van der Waals surface area contributed by atoms with Crippen LogP contribution in [0.4, 0.5) is 0 Å². The smallest absolute Gasteiger partial charge is 0.119 e. The number of aliphatic hydroxyl groups is 1. The molecular formula is C27H59NO4. The zero-order chi connectivity index (χ0) is 21.4. The van der Waals surface area contributed by atoms with Crippen LogP contribution in [0.5, 0.6) is 5.75 Å². The van der Waals surface area contributed by atoms with Crippen LogP contribution in [0.15, 0.2) is 24.3 Å². The summed E-state index contributed by atoms with van der Waals surface area (Å²) in [5, 5.41) is 12.6. The van der Waals surface area contributed by atoms with Gasteiger partial charge in [-0.2, -0.15) is 0 Å². The van der Waals surface area contributed by atoms with Crippen LogP contribution in [0.2, 0.25) is 0 Å². The highest BCUT2D eigenvalue weighted by atomic mass is 16.5. The fraction of sp³-hybridized carbons (Fsp3) is 0.778. The van der Waals surface area contributed by atoms with Crippen molar-refractivity contribution in [3.8, 4) is 5.75 Å². The summed E-state index contributed by atoms with van der Waals surface area (Å²) in [7, 11) is 1.68. The molecule has 0 saturated carbocycles. The van der Waals surface area contributed by atoms with Crippen molar-refractivity contribution in [2.24, 2.45) is 0 Å². The van der Waals surface area contributed by atoms with Crippen molar-refractivity contribution in [2.45, 2.75) is 115 Å². The standard InChI is InChI=1S/C12H27NO2.C11H16O2.4CH4/c1-5-11(14)8-13-10(4)9-15-12(6-2)7-3;1-9-4-6-11(7-5-9)13-8-10(2)12-3;;;;/h10-14H,5-9H2,1-4H3;4-7,10H,8H2,1-3H3;4*1H4. The van der Waals surface area contributed by atoms with Crippen LogP contribution in [0.3, 0.4) is 0 Å². The van der Waals surface area contributed by atoms with Gasteiger partial charge in [-0.15, -0.1) is 0 Å². The minimum Gasteiger partial charge on any atom is -0.491 e. The highest BCUT2D eigenvalue weighted by molar-refractivity contribution is 5.26. The van der Waals surface area contributed by atoms with Gasteiger partial charge in [-0.3, -0.25) is 0 Å². The minimum atomic E-state index is -0.236. The fourth-order valence-corrected chi connectivity index (χ4v) is 2.26. The quantitative estimate of drug-likeness (QED) is 0.335. The maximum Gasteiger partial charge on any atom is 0.119 e. The number of aryl methyl sites for hydroxylation is 1. The van der Waals surface area contributed by atoms with Gasteiger partial charge in [0.25, 0.3) is 0 Å². The molecule has 5 heteroatoms. The first-order valence-electron chi connectivity index (χ1n) is 10.6. The minimum absolute atomic E-state index is 0. The summed E-state index contributed by atoms with van der Waals surface area (Å²) in [5.74, 6) is 0.898. The summed E-state index contributed by atoms with van der Waals surface area (Å²) < 4.78 is 16.3. The SMILES string of the molecule is C.C.C.C.CCC(O)CNC(C)COC(CC)CC.COC(C)COc1ccc(C)cc1. The number of hydrogen-bond acceptors (Lipinski definition) is 5. The van der Waals surface area contributed by atoms with Gasteiger partial charge < -0.3 is 24.6 Å². The van der Waals surface area contributed by atoms with Crippen LogP contribution >= 0.6 is 0 Å². The molecule has 1 aromatic rings. The van der Waals surface area contributed by atoms with Gasteiger partial charge in [-0.05, 0) is 52.2 Å². The molecule has 196 valence electrons. The van der Waals surface area contributed by atoms with Crippen molar-refractivity contribution in [2.75, 3.05) is 26.9 Å². The molecule has 3 unspecified atom stereocenters. The van der Waals surface area contributed by atoms with Crippen LogP contribution in [0.25, 0.3) is 0 Å². The number of benzene rings is 1. The van der Waals surface area contributed by atoms with Gasteiger partial charge in [0, 0.05) is 19.7 Å². The largest absolute Gasteiger partial charge is 0.491 e. The van der Waals surface area contributed by atoms with Gasteiger partial charge in [0.1, 0.15) is 12.4 Å². The Labute approximate surface area is 202 Å². The van der Waals surface area contributed by atoms with E-state index in [4.69, 9.17) is 14.2 Å². The zero-order valence-electron chi connectivity index (χ0n) is 19.0. The van der Waals surface area contributed by atoms with Crippen LogP contribution in [-0.4, -0.2) is 56.3 Å². The Morgan fingerprint density at radius 1 is 0.875 bits per heavy atom. The van der Waals surface area contributed by atoms with E-state index in [0.717, 1.165) is 31.6 Å². The highest BCUT2D eigenvalue weighted by Gasteiger charge is 2.08. The second-order valence-electron chi connectivity index (χ2n) is 7.31. The molecule has 0 aliphatic rings. The molecule has 2 N–H and O–H groups in total. The van der Waals surface area contributed by atoms with Crippen molar-refractivity contribution in [3.05, 3.63) is 29.8 Å². The molecule has 0 aliphatic heterocycles. The number of methoxy groups -OCH3 is 1. The van der Waals surface area contributed by atoms with E-state index in [9.17, 15) is 5.11 Å². The van der Waals surface area contributed by atoms with Crippen LogP contribution in [0, 0.1) is 6.92 Å². The van der Waals surface area contributed by atoms with Crippen LogP contribution in [-0.2, 0) is 9.47 Å². The molecule has 0 radical (unpaired) electrons. The van der Waals surface area contributed by atoms with E-state index < -0.39 is 0 Å². The second-order valence-corrected chi connectivity index (χ2v) is 7.31. The molecule has 0 amide bonds. The lowest BCUT2D eigenvalue weighted by Crippen LogP contribution is -2.37. The predicted molar refractivity (Wildman–Crippen MR) is 144 cm³/mol. The molecule has 0 saturated heterocycles. The lowest BCUT2D eigenvalue weighted by atomic mass is 10.2. The van der Waals surface area contributed by atoms with E-state index >= 15 is 0 Å². The number of aliphatic hydroxyl groups excluding tert-OH is 1. The molecule has 0 bridgehead atoms. The van der Waals surface area contributed by atoms with E-state index in [1.54, 1.807) is 7.11 Å². The molecule has 1 aromatic carbocycles. The molecular weight excluding hydrogens is 402 g/mol. The van der Waals surface area contributed by atoms with Crippen molar-refractivity contribution in [1.29, 1.82) is 0 Å². The molecule has 0 spiro atoms. The summed E-state index contributed by atoms with van der Waals surface area (Å²) >= 11 is 0. The molecule has 0 aliphatic carbocycles. The summed E-state index contributed by atoms with van der Waals surface area (Å²) in [4.78, 5) is 0. The maximum atomic E-state index is 9.37. The average molecular weight is 462 g/mol. The lowest BCUT2D eigenvalue weighted by Gasteiger charge is -2.20. The number of nitrogens with one attached hydrogen (secondary N) is 1. The molecule has 1 rings (SSSR count).